The monoisotopic (exact) mass is 361 g/mol. The van der Waals surface area contributed by atoms with E-state index >= 15 is 0 Å². The summed E-state index contributed by atoms with van der Waals surface area (Å²) in [4.78, 5) is 33.5. The van der Waals surface area contributed by atoms with E-state index < -0.39 is 0 Å². The van der Waals surface area contributed by atoms with Crippen LogP contribution in [0.15, 0.2) is 34.5 Å². The topological polar surface area (TPSA) is 53.5 Å². The van der Waals surface area contributed by atoms with E-state index in [1.54, 1.807) is 28.2 Å². The molecular weight excluding hydrogens is 342 g/mol. The zero-order valence-electron chi connectivity index (χ0n) is 13.7. The number of carbonyl (C=O) groups excluding carboxylic acids is 2. The maximum absolute atomic E-state index is 12.5. The van der Waals surface area contributed by atoms with Crippen LogP contribution in [0.25, 0.3) is 0 Å². The van der Waals surface area contributed by atoms with Gasteiger partial charge in [-0.25, -0.2) is 4.98 Å². The minimum atomic E-state index is -0.0869. The van der Waals surface area contributed by atoms with Crippen LogP contribution in [0.1, 0.15) is 17.6 Å². The fraction of sp³-hybridized carbons (Fsp3) is 0.353. The molecule has 3 rings (SSSR count). The van der Waals surface area contributed by atoms with Crippen LogP contribution in [0, 0.1) is 0 Å². The second-order valence-corrected chi connectivity index (χ2v) is 7.53. The van der Waals surface area contributed by atoms with Gasteiger partial charge in [-0.3, -0.25) is 9.59 Å². The van der Waals surface area contributed by atoms with Crippen molar-refractivity contribution >= 4 is 40.6 Å². The largest absolute Gasteiger partial charge is 0.338 e. The Kier molecular flexibility index (Phi) is 5.20. The minimum Gasteiger partial charge on any atom is -0.338 e. The summed E-state index contributed by atoms with van der Waals surface area (Å²) in [6.07, 6.45) is 0.902. The van der Waals surface area contributed by atoms with Crippen molar-refractivity contribution in [2.45, 2.75) is 24.8 Å². The summed E-state index contributed by atoms with van der Waals surface area (Å²) in [5.74, 6) is 0.262. The van der Waals surface area contributed by atoms with Crippen molar-refractivity contribution in [2.24, 2.45) is 0 Å². The van der Waals surface area contributed by atoms with Gasteiger partial charge in [-0.1, -0.05) is 19.1 Å². The number of rotatable bonds is 5. The van der Waals surface area contributed by atoms with E-state index in [9.17, 15) is 9.59 Å². The van der Waals surface area contributed by atoms with Gasteiger partial charge in [0.25, 0.3) is 0 Å². The number of thioether (sulfide) groups is 1. The van der Waals surface area contributed by atoms with Gasteiger partial charge in [0.1, 0.15) is 6.54 Å². The predicted octanol–water partition coefficient (Wildman–Crippen LogP) is 2.80. The standard InChI is InChI=1S/C17H19N3O2S2/c1-3-15-18-12(10-24-15)8-19(2)16(21)9-20-13-6-4-5-7-14(13)23-11-17(20)22/h4-7,10H,3,8-9,11H2,1-2H3. The molecule has 1 aromatic carbocycles. The molecule has 0 saturated carbocycles. The van der Waals surface area contributed by atoms with Crippen LogP contribution in [0.5, 0.6) is 0 Å². The lowest BCUT2D eigenvalue weighted by molar-refractivity contribution is -0.130. The summed E-state index contributed by atoms with van der Waals surface area (Å²) in [6, 6.07) is 7.71. The van der Waals surface area contributed by atoms with Crippen LogP contribution in [0.4, 0.5) is 5.69 Å². The Hall–Kier alpha value is -1.86. The molecule has 2 aromatic rings. The fourth-order valence-electron chi connectivity index (χ4n) is 2.50. The van der Waals surface area contributed by atoms with Crippen LogP contribution < -0.4 is 4.90 Å². The number of anilines is 1. The Morgan fingerprint density at radius 2 is 2.17 bits per heavy atom. The lowest BCUT2D eigenvalue weighted by Gasteiger charge is -2.29. The number of nitrogens with zero attached hydrogens (tertiary/aromatic N) is 3. The number of amides is 2. The first-order chi connectivity index (χ1) is 11.6. The van der Waals surface area contributed by atoms with E-state index in [1.807, 2.05) is 29.6 Å². The van der Waals surface area contributed by atoms with Crippen molar-refractivity contribution in [2.75, 3.05) is 24.2 Å². The highest BCUT2D eigenvalue weighted by Crippen LogP contribution is 2.34. The number of carbonyl (C=O) groups is 2. The average Bonchev–Trinajstić information content (AvgIpc) is 3.05. The predicted molar refractivity (Wildman–Crippen MR) is 97.5 cm³/mol. The molecule has 2 amide bonds. The number of likely N-dealkylation sites (N-methyl/N-ethyl adjacent to an activating group) is 1. The van der Waals surface area contributed by atoms with Crippen molar-refractivity contribution in [3.05, 3.63) is 40.3 Å². The number of thiazole rings is 1. The molecule has 0 aliphatic carbocycles. The van der Waals surface area contributed by atoms with Gasteiger partial charge in [0.2, 0.25) is 11.8 Å². The molecule has 1 aromatic heterocycles. The molecule has 126 valence electrons. The van der Waals surface area contributed by atoms with Crippen LogP contribution in [-0.4, -0.2) is 41.0 Å². The van der Waals surface area contributed by atoms with E-state index in [4.69, 9.17) is 0 Å². The number of aromatic nitrogens is 1. The van der Waals surface area contributed by atoms with Gasteiger partial charge in [-0.05, 0) is 18.6 Å². The van der Waals surface area contributed by atoms with Gasteiger partial charge in [0, 0.05) is 17.3 Å². The number of aryl methyl sites for hydroxylation is 1. The van der Waals surface area contributed by atoms with Gasteiger partial charge < -0.3 is 9.80 Å². The van der Waals surface area contributed by atoms with E-state index in [0.717, 1.165) is 27.7 Å². The average molecular weight is 361 g/mol. The van der Waals surface area contributed by atoms with E-state index in [0.29, 0.717) is 12.3 Å². The third-order valence-corrected chi connectivity index (χ3v) is 5.92. The first kappa shape index (κ1) is 17.0. The molecule has 0 radical (unpaired) electrons. The number of fused-ring (bicyclic) bond motifs is 1. The summed E-state index contributed by atoms with van der Waals surface area (Å²) in [6.45, 7) is 2.60. The molecule has 5 nitrogen and oxygen atoms in total. The number of benzene rings is 1. The summed E-state index contributed by atoms with van der Waals surface area (Å²) in [5, 5.41) is 3.06. The SMILES string of the molecule is CCc1nc(CN(C)C(=O)CN2C(=O)CSc3ccccc32)cs1. The van der Waals surface area contributed by atoms with Gasteiger partial charge in [-0.15, -0.1) is 23.1 Å². The third kappa shape index (κ3) is 3.62. The van der Waals surface area contributed by atoms with Crippen molar-refractivity contribution in [1.82, 2.24) is 9.88 Å². The molecule has 0 unspecified atom stereocenters. The fourth-order valence-corrected chi connectivity index (χ4v) is 4.17. The molecule has 2 heterocycles. The molecule has 7 heteroatoms. The summed E-state index contributed by atoms with van der Waals surface area (Å²) < 4.78 is 0. The second-order valence-electron chi connectivity index (χ2n) is 5.57. The Morgan fingerprint density at radius 1 is 1.38 bits per heavy atom. The van der Waals surface area contributed by atoms with Crippen molar-refractivity contribution in [3.63, 3.8) is 0 Å². The van der Waals surface area contributed by atoms with Crippen molar-refractivity contribution in [1.29, 1.82) is 0 Å². The number of hydrogen-bond acceptors (Lipinski definition) is 5. The van der Waals surface area contributed by atoms with E-state index in [2.05, 4.69) is 11.9 Å². The van der Waals surface area contributed by atoms with E-state index in [-0.39, 0.29) is 18.4 Å². The zero-order chi connectivity index (χ0) is 17.1. The quantitative estimate of drug-likeness (QED) is 0.822. The Balaban J connectivity index is 1.68. The van der Waals surface area contributed by atoms with Crippen molar-refractivity contribution < 1.29 is 9.59 Å². The normalized spacial score (nSPS) is 13.8. The highest BCUT2D eigenvalue weighted by Gasteiger charge is 2.27. The Morgan fingerprint density at radius 3 is 2.92 bits per heavy atom. The maximum atomic E-state index is 12.5. The lowest BCUT2D eigenvalue weighted by Crippen LogP contribution is -2.43. The highest BCUT2D eigenvalue weighted by atomic mass is 32.2. The molecule has 0 fully saturated rings. The first-order valence-electron chi connectivity index (χ1n) is 7.78. The highest BCUT2D eigenvalue weighted by molar-refractivity contribution is 8.00. The van der Waals surface area contributed by atoms with Gasteiger partial charge >= 0.3 is 0 Å². The Bertz CT molecular complexity index is 760. The van der Waals surface area contributed by atoms with Gasteiger partial charge in [0.15, 0.2) is 0 Å². The zero-order valence-corrected chi connectivity index (χ0v) is 15.3. The smallest absolute Gasteiger partial charge is 0.242 e. The third-order valence-electron chi connectivity index (χ3n) is 3.83. The molecule has 0 atom stereocenters. The van der Waals surface area contributed by atoms with Gasteiger partial charge in [0.05, 0.1) is 28.7 Å². The molecule has 0 bridgehead atoms. The molecule has 0 N–H and O–H groups in total. The molecule has 24 heavy (non-hydrogen) atoms. The lowest BCUT2D eigenvalue weighted by atomic mass is 10.2. The second kappa shape index (κ2) is 7.36. The summed E-state index contributed by atoms with van der Waals surface area (Å²) in [7, 11) is 1.75. The van der Waals surface area contributed by atoms with Crippen molar-refractivity contribution in [3.8, 4) is 0 Å². The minimum absolute atomic E-state index is 0.0256. The van der Waals surface area contributed by atoms with Crippen LogP contribution in [-0.2, 0) is 22.6 Å². The molecular formula is C17H19N3O2S2. The number of para-hydroxylation sites is 1. The van der Waals surface area contributed by atoms with E-state index in [1.165, 1.54) is 11.8 Å². The summed E-state index contributed by atoms with van der Waals surface area (Å²) >= 11 is 3.13. The van der Waals surface area contributed by atoms with Crippen LogP contribution in [0.3, 0.4) is 0 Å². The number of hydrogen-bond donors (Lipinski definition) is 0. The Labute approximate surface area is 149 Å². The molecule has 0 spiro atoms. The molecule has 0 saturated heterocycles. The first-order valence-corrected chi connectivity index (χ1v) is 9.64. The maximum Gasteiger partial charge on any atom is 0.242 e. The van der Waals surface area contributed by atoms with Crippen LogP contribution >= 0.6 is 23.1 Å². The van der Waals surface area contributed by atoms with Gasteiger partial charge in [-0.2, -0.15) is 0 Å². The summed E-state index contributed by atoms with van der Waals surface area (Å²) in [5.41, 5.74) is 1.72. The molecule has 1 aliphatic heterocycles. The van der Waals surface area contributed by atoms with Crippen LogP contribution in [0.2, 0.25) is 0 Å². The molecule has 1 aliphatic rings.